The van der Waals surface area contributed by atoms with Gasteiger partial charge in [-0.25, -0.2) is 23.4 Å². The maximum atomic E-state index is 13.4. The summed E-state index contributed by atoms with van der Waals surface area (Å²) in [6.45, 7) is 3.78. The summed E-state index contributed by atoms with van der Waals surface area (Å²) in [7, 11) is 0. The van der Waals surface area contributed by atoms with Crippen molar-refractivity contribution in [2.24, 2.45) is 11.8 Å². The second-order valence-electron chi connectivity index (χ2n) is 9.39. The Balaban J connectivity index is 0.000000481. The minimum atomic E-state index is -2.43. The Bertz CT molecular complexity index is 860. The Morgan fingerprint density at radius 1 is 1.06 bits per heavy atom. The molecule has 0 spiro atoms. The van der Waals surface area contributed by atoms with E-state index < -0.39 is 17.9 Å². The van der Waals surface area contributed by atoms with Crippen LogP contribution in [0.25, 0.3) is 0 Å². The molecule has 1 atom stereocenters. The fourth-order valence-electron chi connectivity index (χ4n) is 5.16. The van der Waals surface area contributed by atoms with Gasteiger partial charge in [0, 0.05) is 45.1 Å². The number of amides is 1. The van der Waals surface area contributed by atoms with Gasteiger partial charge >= 0.3 is 11.9 Å². The Morgan fingerprint density at radius 3 is 2.41 bits per heavy atom. The fourth-order valence-corrected chi connectivity index (χ4v) is 5.16. The molecule has 0 aromatic carbocycles. The third-order valence-corrected chi connectivity index (χ3v) is 7.06. The summed E-state index contributed by atoms with van der Waals surface area (Å²) in [4.78, 5) is 39.3. The topological polar surface area (TPSA) is 111 Å². The molecule has 188 valence electrons. The monoisotopic (exact) mass is 481 g/mol. The predicted octanol–water partition coefficient (Wildman–Crippen LogP) is 3.44. The van der Waals surface area contributed by atoms with Gasteiger partial charge in [-0.3, -0.25) is 9.69 Å². The third-order valence-electron chi connectivity index (χ3n) is 7.06. The van der Waals surface area contributed by atoms with Gasteiger partial charge in [-0.05, 0) is 68.5 Å². The number of carbonyl (C=O) groups excluding carboxylic acids is 1. The Kier molecular flexibility index (Phi) is 8.93. The van der Waals surface area contributed by atoms with Crippen LogP contribution in [-0.4, -0.2) is 70.0 Å². The number of aromatic nitrogens is 1. The van der Waals surface area contributed by atoms with Crippen molar-refractivity contribution in [1.29, 1.82) is 0 Å². The first-order valence-corrected chi connectivity index (χ1v) is 12.0. The summed E-state index contributed by atoms with van der Waals surface area (Å²) < 4.78 is 26.8. The molecule has 2 saturated heterocycles. The lowest BCUT2D eigenvalue weighted by Crippen LogP contribution is -2.36. The lowest BCUT2D eigenvalue weighted by molar-refractivity contribution is -0.159. The highest BCUT2D eigenvalue weighted by atomic mass is 19.3. The molecule has 4 rings (SSSR count). The van der Waals surface area contributed by atoms with Crippen LogP contribution in [0.15, 0.2) is 18.3 Å². The Hall–Kier alpha value is -2.62. The van der Waals surface area contributed by atoms with Crippen molar-refractivity contribution in [3.63, 3.8) is 0 Å². The van der Waals surface area contributed by atoms with Gasteiger partial charge in [0.1, 0.15) is 5.82 Å². The van der Waals surface area contributed by atoms with Crippen LogP contribution >= 0.6 is 0 Å². The Labute approximate surface area is 197 Å². The lowest BCUT2D eigenvalue weighted by Gasteiger charge is -2.32. The summed E-state index contributed by atoms with van der Waals surface area (Å²) in [5, 5.41) is 14.8. The number of rotatable bonds is 5. The fraction of sp³-hybridized carbons (Fsp3) is 0.667. The van der Waals surface area contributed by atoms with Gasteiger partial charge in [0.25, 0.3) is 0 Å². The number of nitrogens with zero attached hydrogens (tertiary/aromatic N) is 3. The zero-order chi connectivity index (χ0) is 24.7. The largest absolute Gasteiger partial charge is 0.473 e. The molecule has 1 saturated carbocycles. The van der Waals surface area contributed by atoms with Crippen LogP contribution in [0.1, 0.15) is 56.9 Å². The quantitative estimate of drug-likeness (QED) is 0.620. The van der Waals surface area contributed by atoms with E-state index in [1.165, 1.54) is 0 Å². The average molecular weight is 482 g/mol. The molecule has 1 unspecified atom stereocenters. The van der Waals surface area contributed by atoms with Crippen LogP contribution in [-0.2, 0) is 20.8 Å². The molecule has 3 heterocycles. The molecule has 2 aliphatic heterocycles. The zero-order valence-electron chi connectivity index (χ0n) is 19.3. The molecule has 1 aromatic rings. The van der Waals surface area contributed by atoms with E-state index in [1.807, 2.05) is 11.0 Å². The van der Waals surface area contributed by atoms with Crippen molar-refractivity contribution in [2.45, 2.75) is 63.7 Å². The summed E-state index contributed by atoms with van der Waals surface area (Å²) in [6, 6.07) is 4.03. The molecular weight excluding hydrogens is 448 g/mol. The smallest absolute Gasteiger partial charge is 0.414 e. The predicted molar refractivity (Wildman–Crippen MR) is 121 cm³/mol. The number of carbonyl (C=O) groups is 3. The van der Waals surface area contributed by atoms with Crippen molar-refractivity contribution >= 4 is 23.7 Å². The molecular formula is C24H33F2N3O5. The summed E-state index contributed by atoms with van der Waals surface area (Å²) in [5.74, 6) is -4.04. The molecule has 0 bridgehead atoms. The van der Waals surface area contributed by atoms with E-state index in [2.05, 4.69) is 16.0 Å². The summed E-state index contributed by atoms with van der Waals surface area (Å²) in [5.41, 5.74) is 1.14. The van der Waals surface area contributed by atoms with E-state index in [9.17, 15) is 13.6 Å². The van der Waals surface area contributed by atoms with Crippen LogP contribution in [0, 0.1) is 11.8 Å². The molecule has 0 radical (unpaired) electrons. The highest BCUT2D eigenvalue weighted by Crippen LogP contribution is 2.41. The van der Waals surface area contributed by atoms with Gasteiger partial charge in [0.15, 0.2) is 0 Å². The molecule has 1 aliphatic carbocycles. The van der Waals surface area contributed by atoms with E-state index in [0.717, 1.165) is 63.2 Å². The maximum Gasteiger partial charge on any atom is 0.414 e. The molecule has 8 nitrogen and oxygen atoms in total. The zero-order valence-corrected chi connectivity index (χ0v) is 19.3. The van der Waals surface area contributed by atoms with Crippen molar-refractivity contribution in [1.82, 2.24) is 9.88 Å². The van der Waals surface area contributed by atoms with Crippen molar-refractivity contribution in [3.8, 4) is 0 Å². The van der Waals surface area contributed by atoms with Crippen LogP contribution in [0.3, 0.4) is 0 Å². The van der Waals surface area contributed by atoms with Gasteiger partial charge in [0.05, 0.1) is 0 Å². The van der Waals surface area contributed by atoms with E-state index in [4.69, 9.17) is 19.8 Å². The summed E-state index contributed by atoms with van der Waals surface area (Å²) in [6.07, 6.45) is 7.88. The van der Waals surface area contributed by atoms with Gasteiger partial charge in [-0.1, -0.05) is 6.07 Å². The Morgan fingerprint density at radius 2 is 1.76 bits per heavy atom. The van der Waals surface area contributed by atoms with Gasteiger partial charge in [-0.2, -0.15) is 0 Å². The van der Waals surface area contributed by atoms with Crippen LogP contribution in [0.4, 0.5) is 14.6 Å². The van der Waals surface area contributed by atoms with Crippen molar-refractivity contribution in [2.75, 3.05) is 31.1 Å². The number of carboxylic acid groups (broad SMARTS) is 2. The minimum Gasteiger partial charge on any atom is -0.473 e. The van der Waals surface area contributed by atoms with Gasteiger partial charge in [-0.15, -0.1) is 0 Å². The number of halogens is 2. The SMILES string of the molecule is O=C(O)C(=O)O.O=C1CCCCN1c1ncccc1CCN1CCC(C2CCC(F)(F)CC2)C1. The number of pyridine rings is 1. The van der Waals surface area contributed by atoms with E-state index in [0.29, 0.717) is 31.1 Å². The maximum absolute atomic E-state index is 13.4. The van der Waals surface area contributed by atoms with E-state index in [-0.39, 0.29) is 18.7 Å². The van der Waals surface area contributed by atoms with Crippen LogP contribution in [0.5, 0.6) is 0 Å². The third kappa shape index (κ3) is 7.19. The average Bonchev–Trinajstić information content (AvgIpc) is 3.28. The molecule has 3 aliphatic rings. The number of aliphatic carboxylic acids is 2. The minimum absolute atomic E-state index is 0.0665. The molecule has 2 N–H and O–H groups in total. The van der Waals surface area contributed by atoms with Gasteiger partial charge < -0.3 is 15.1 Å². The molecule has 1 aromatic heterocycles. The molecule has 3 fully saturated rings. The van der Waals surface area contributed by atoms with Gasteiger partial charge in [0.2, 0.25) is 11.8 Å². The number of hydrogen-bond donors (Lipinski definition) is 2. The van der Waals surface area contributed by atoms with Crippen LogP contribution < -0.4 is 4.90 Å². The van der Waals surface area contributed by atoms with Crippen molar-refractivity contribution < 1.29 is 33.4 Å². The second-order valence-corrected chi connectivity index (χ2v) is 9.39. The first kappa shape index (κ1) is 26.0. The normalized spacial score (nSPS) is 23.3. The number of alkyl halides is 2. The first-order valence-electron chi connectivity index (χ1n) is 12.0. The number of likely N-dealkylation sites (tertiary alicyclic amines) is 1. The van der Waals surface area contributed by atoms with E-state index >= 15 is 0 Å². The lowest BCUT2D eigenvalue weighted by atomic mass is 9.78. The number of piperidine rings is 1. The van der Waals surface area contributed by atoms with Crippen LogP contribution in [0.2, 0.25) is 0 Å². The van der Waals surface area contributed by atoms with Crippen molar-refractivity contribution in [3.05, 3.63) is 23.9 Å². The van der Waals surface area contributed by atoms with E-state index in [1.54, 1.807) is 6.20 Å². The highest BCUT2D eigenvalue weighted by molar-refractivity contribution is 6.27. The number of hydrogen-bond acceptors (Lipinski definition) is 5. The number of anilines is 1. The second kappa shape index (κ2) is 11.7. The molecule has 10 heteroatoms. The molecule has 1 amide bonds. The standard InChI is InChI=1S/C22H31F2N3O.C2H2O4/c23-22(24)10-6-17(7-11-22)19-9-15-26(16-19)14-8-18-4-3-12-25-21(18)27-13-2-1-5-20(27)28;3-1(4)2(5)6/h3-4,12,17,19H,1-2,5-11,13-16H2;(H,3,4)(H,5,6). The molecule has 34 heavy (non-hydrogen) atoms. The summed E-state index contributed by atoms with van der Waals surface area (Å²) >= 11 is 0. The first-order chi connectivity index (χ1) is 16.2. The number of carboxylic acids is 2. The highest BCUT2D eigenvalue weighted by Gasteiger charge is 2.39.